The van der Waals surface area contributed by atoms with E-state index >= 15 is 0 Å². The summed E-state index contributed by atoms with van der Waals surface area (Å²) in [5.74, 6) is 5.08. The number of hydrogen-bond acceptors (Lipinski definition) is 5. The quantitative estimate of drug-likeness (QED) is 0.609. The third-order valence-electron chi connectivity index (χ3n) is 3.74. The Morgan fingerprint density at radius 3 is 2.08 bits per heavy atom. The average Bonchev–Trinajstić information content (AvgIpc) is 2.55. The molecular weight excluding hydrogens is 350 g/mol. The van der Waals surface area contributed by atoms with E-state index in [1.165, 1.54) is 25.2 Å². The Balaban J connectivity index is 2.67. The first-order chi connectivity index (χ1) is 11.1. The standard InChI is InChI=1S/C15H19N3O4S2/c1-11-9-10-14(23(19,20)17-16)12(2)15(11)18(3)24(21,22)13-7-5-4-6-8-13/h4-10,17H,16H2,1-3H3. The summed E-state index contributed by atoms with van der Waals surface area (Å²) in [5, 5.41) is 0. The molecule has 0 atom stereocenters. The van der Waals surface area contributed by atoms with Crippen LogP contribution in [-0.2, 0) is 20.0 Å². The second-order valence-corrected chi connectivity index (χ2v) is 8.91. The highest BCUT2D eigenvalue weighted by atomic mass is 32.2. The Bertz CT molecular complexity index is 956. The van der Waals surface area contributed by atoms with E-state index in [1.54, 1.807) is 42.9 Å². The number of nitrogens with zero attached hydrogens (tertiary/aromatic N) is 1. The highest BCUT2D eigenvalue weighted by molar-refractivity contribution is 7.92. The molecule has 0 aliphatic carbocycles. The van der Waals surface area contributed by atoms with Gasteiger partial charge in [-0.2, -0.15) is 4.83 Å². The lowest BCUT2D eigenvalue weighted by molar-refractivity contribution is 0.582. The molecule has 0 saturated heterocycles. The second kappa shape index (κ2) is 6.52. The summed E-state index contributed by atoms with van der Waals surface area (Å²) < 4.78 is 50.7. The number of benzene rings is 2. The van der Waals surface area contributed by atoms with Crippen LogP contribution >= 0.6 is 0 Å². The van der Waals surface area contributed by atoms with Crippen molar-refractivity contribution >= 4 is 25.7 Å². The van der Waals surface area contributed by atoms with E-state index in [-0.39, 0.29) is 9.79 Å². The van der Waals surface area contributed by atoms with E-state index in [0.717, 1.165) is 4.31 Å². The minimum Gasteiger partial charge on any atom is -0.269 e. The van der Waals surface area contributed by atoms with Crippen molar-refractivity contribution in [1.82, 2.24) is 4.83 Å². The van der Waals surface area contributed by atoms with Crippen molar-refractivity contribution in [3.8, 4) is 0 Å². The lowest BCUT2D eigenvalue weighted by Crippen LogP contribution is -2.32. The van der Waals surface area contributed by atoms with Crippen LogP contribution in [-0.4, -0.2) is 23.9 Å². The van der Waals surface area contributed by atoms with Crippen LogP contribution in [0.4, 0.5) is 5.69 Å². The Kier molecular flexibility index (Phi) is 5.00. The van der Waals surface area contributed by atoms with Crippen LogP contribution in [0.1, 0.15) is 11.1 Å². The van der Waals surface area contributed by atoms with Gasteiger partial charge in [-0.1, -0.05) is 24.3 Å². The van der Waals surface area contributed by atoms with E-state index in [4.69, 9.17) is 5.84 Å². The summed E-state index contributed by atoms with van der Waals surface area (Å²) in [6, 6.07) is 10.9. The van der Waals surface area contributed by atoms with Crippen LogP contribution in [0, 0.1) is 13.8 Å². The van der Waals surface area contributed by atoms with Crippen molar-refractivity contribution in [3.63, 3.8) is 0 Å². The van der Waals surface area contributed by atoms with Crippen LogP contribution in [0.5, 0.6) is 0 Å². The van der Waals surface area contributed by atoms with Gasteiger partial charge in [0.15, 0.2) is 0 Å². The zero-order valence-corrected chi connectivity index (χ0v) is 15.1. The molecule has 130 valence electrons. The second-order valence-electron chi connectivity index (χ2n) is 5.26. The lowest BCUT2D eigenvalue weighted by Gasteiger charge is -2.24. The summed E-state index contributed by atoms with van der Waals surface area (Å²) in [6.45, 7) is 3.26. The summed E-state index contributed by atoms with van der Waals surface area (Å²) in [5.41, 5.74) is 1.23. The molecule has 9 heteroatoms. The molecular formula is C15H19N3O4S2. The summed E-state index contributed by atoms with van der Waals surface area (Å²) in [6.07, 6.45) is 0. The van der Waals surface area contributed by atoms with Crippen molar-refractivity contribution < 1.29 is 16.8 Å². The van der Waals surface area contributed by atoms with Gasteiger partial charge in [-0.05, 0) is 43.2 Å². The van der Waals surface area contributed by atoms with Gasteiger partial charge in [0.05, 0.1) is 15.5 Å². The first-order valence-electron chi connectivity index (χ1n) is 6.99. The summed E-state index contributed by atoms with van der Waals surface area (Å²) >= 11 is 0. The molecule has 2 aromatic rings. The number of anilines is 1. The average molecular weight is 369 g/mol. The number of aryl methyl sites for hydroxylation is 1. The van der Waals surface area contributed by atoms with E-state index in [1.807, 2.05) is 0 Å². The Morgan fingerprint density at radius 2 is 1.54 bits per heavy atom. The third kappa shape index (κ3) is 3.16. The molecule has 7 nitrogen and oxygen atoms in total. The van der Waals surface area contributed by atoms with Crippen molar-refractivity contribution in [3.05, 3.63) is 53.6 Å². The van der Waals surface area contributed by atoms with Gasteiger partial charge in [0.1, 0.15) is 0 Å². The number of nitrogens with two attached hydrogens (primary N) is 1. The topological polar surface area (TPSA) is 110 Å². The van der Waals surface area contributed by atoms with E-state index < -0.39 is 20.0 Å². The van der Waals surface area contributed by atoms with Crippen LogP contribution in [0.2, 0.25) is 0 Å². The summed E-state index contributed by atoms with van der Waals surface area (Å²) in [7, 11) is -6.33. The predicted molar refractivity (Wildman–Crippen MR) is 92.5 cm³/mol. The maximum Gasteiger partial charge on any atom is 0.264 e. The molecule has 0 saturated carbocycles. The Morgan fingerprint density at radius 1 is 0.958 bits per heavy atom. The molecule has 2 rings (SSSR count). The van der Waals surface area contributed by atoms with E-state index in [0.29, 0.717) is 16.8 Å². The van der Waals surface area contributed by atoms with Gasteiger partial charge in [0, 0.05) is 7.05 Å². The molecule has 0 unspecified atom stereocenters. The number of hydrazine groups is 1. The van der Waals surface area contributed by atoms with Gasteiger partial charge in [0.25, 0.3) is 20.0 Å². The van der Waals surface area contributed by atoms with E-state index in [9.17, 15) is 16.8 Å². The normalized spacial score (nSPS) is 12.2. The third-order valence-corrected chi connectivity index (χ3v) is 6.85. The van der Waals surface area contributed by atoms with Crippen molar-refractivity contribution in [1.29, 1.82) is 0 Å². The van der Waals surface area contributed by atoms with Crippen LogP contribution < -0.4 is 15.0 Å². The van der Waals surface area contributed by atoms with Crippen LogP contribution in [0.25, 0.3) is 0 Å². The molecule has 0 bridgehead atoms. The number of nitrogens with one attached hydrogen (secondary N) is 1. The fourth-order valence-electron chi connectivity index (χ4n) is 2.53. The first kappa shape index (κ1) is 18.4. The fraction of sp³-hybridized carbons (Fsp3) is 0.200. The zero-order chi connectivity index (χ0) is 18.1. The van der Waals surface area contributed by atoms with Gasteiger partial charge in [-0.25, -0.2) is 16.8 Å². The fourth-order valence-corrected chi connectivity index (χ4v) is 4.74. The minimum absolute atomic E-state index is 0.0688. The molecule has 0 amide bonds. The maximum absolute atomic E-state index is 12.8. The molecule has 0 aliphatic heterocycles. The molecule has 0 aliphatic rings. The van der Waals surface area contributed by atoms with Gasteiger partial charge in [-0.15, -0.1) is 0 Å². The molecule has 0 fully saturated rings. The monoisotopic (exact) mass is 369 g/mol. The predicted octanol–water partition coefficient (Wildman–Crippen LogP) is 1.28. The molecule has 0 aromatic heterocycles. The van der Waals surface area contributed by atoms with Gasteiger partial charge in [-0.3, -0.25) is 10.1 Å². The number of rotatable bonds is 5. The van der Waals surface area contributed by atoms with Crippen molar-refractivity contribution in [2.75, 3.05) is 11.4 Å². The Labute approximate surface area is 142 Å². The van der Waals surface area contributed by atoms with Gasteiger partial charge < -0.3 is 0 Å². The van der Waals surface area contributed by atoms with Gasteiger partial charge in [0.2, 0.25) is 0 Å². The number of sulfonamides is 2. The molecule has 0 radical (unpaired) electrons. The molecule has 24 heavy (non-hydrogen) atoms. The minimum atomic E-state index is -3.91. The zero-order valence-electron chi connectivity index (χ0n) is 13.5. The SMILES string of the molecule is Cc1ccc(S(=O)(=O)NN)c(C)c1N(C)S(=O)(=O)c1ccccc1. The highest BCUT2D eigenvalue weighted by Gasteiger charge is 2.27. The van der Waals surface area contributed by atoms with E-state index in [2.05, 4.69) is 0 Å². The van der Waals surface area contributed by atoms with Crippen molar-refractivity contribution in [2.24, 2.45) is 5.84 Å². The first-order valence-corrected chi connectivity index (χ1v) is 9.92. The highest BCUT2D eigenvalue weighted by Crippen LogP contribution is 2.32. The molecule has 2 aromatic carbocycles. The Hall–Kier alpha value is -1.94. The lowest BCUT2D eigenvalue weighted by atomic mass is 10.1. The molecule has 3 N–H and O–H groups in total. The van der Waals surface area contributed by atoms with Crippen molar-refractivity contribution in [2.45, 2.75) is 23.6 Å². The molecule has 0 heterocycles. The van der Waals surface area contributed by atoms with Crippen LogP contribution in [0.15, 0.2) is 52.3 Å². The van der Waals surface area contributed by atoms with Crippen LogP contribution in [0.3, 0.4) is 0 Å². The smallest absolute Gasteiger partial charge is 0.264 e. The number of hydrogen-bond donors (Lipinski definition) is 2. The maximum atomic E-state index is 12.8. The largest absolute Gasteiger partial charge is 0.269 e. The van der Waals surface area contributed by atoms with Gasteiger partial charge >= 0.3 is 0 Å². The summed E-state index contributed by atoms with van der Waals surface area (Å²) in [4.78, 5) is 1.81. The molecule has 0 spiro atoms.